The summed E-state index contributed by atoms with van der Waals surface area (Å²) in [6, 6.07) is 9.52. The molecule has 0 atom stereocenters. The van der Waals surface area contributed by atoms with Crippen LogP contribution < -0.4 is 4.74 Å². The summed E-state index contributed by atoms with van der Waals surface area (Å²) in [5.74, 6) is 0.725. The molecule has 3 nitrogen and oxygen atoms in total. The molecule has 2 aromatic rings. The highest BCUT2D eigenvalue weighted by Gasteiger charge is 2.02. The number of hydrogen-bond donors (Lipinski definition) is 0. The lowest BCUT2D eigenvalue weighted by atomic mass is 10.2. The lowest BCUT2D eigenvalue weighted by Gasteiger charge is -2.01. The molecule has 1 heterocycles. The van der Waals surface area contributed by atoms with Crippen LogP contribution in [0.15, 0.2) is 34.2 Å². The van der Waals surface area contributed by atoms with E-state index in [1.165, 1.54) is 11.3 Å². The molecule has 80 valence electrons. The van der Waals surface area contributed by atoms with Crippen LogP contribution in [-0.4, -0.2) is 4.98 Å². The normalized spacial score (nSPS) is 9.75. The molecule has 0 aliphatic rings. The summed E-state index contributed by atoms with van der Waals surface area (Å²) in [5.41, 5.74) is 0.982. The maximum Gasteiger partial charge on any atom is 0.279 e. The van der Waals surface area contributed by atoms with Crippen molar-refractivity contribution in [3.05, 3.63) is 39.8 Å². The highest BCUT2D eigenvalue weighted by Crippen LogP contribution is 2.27. The van der Waals surface area contributed by atoms with Gasteiger partial charge < -0.3 is 4.74 Å². The first-order valence-corrected chi connectivity index (χ1v) is 6.20. The number of nitriles is 1. The molecule has 0 aliphatic carbocycles. The van der Waals surface area contributed by atoms with Crippen molar-refractivity contribution in [2.24, 2.45) is 0 Å². The number of rotatable bonds is 3. The van der Waals surface area contributed by atoms with Crippen LogP contribution in [0.25, 0.3) is 0 Å². The Kier molecular flexibility index (Phi) is 3.54. The number of hydrogen-bond acceptors (Lipinski definition) is 4. The number of ether oxygens (including phenoxy) is 1. The van der Waals surface area contributed by atoms with E-state index < -0.39 is 0 Å². The van der Waals surface area contributed by atoms with Crippen LogP contribution in [-0.2, 0) is 6.42 Å². The van der Waals surface area contributed by atoms with E-state index in [0.717, 1.165) is 15.9 Å². The van der Waals surface area contributed by atoms with E-state index in [2.05, 4.69) is 27.0 Å². The minimum atomic E-state index is 0.420. The summed E-state index contributed by atoms with van der Waals surface area (Å²) in [5, 5.41) is 11.0. The second-order valence-corrected chi connectivity index (χ2v) is 4.65. The van der Waals surface area contributed by atoms with Crippen molar-refractivity contribution in [2.45, 2.75) is 6.42 Å². The van der Waals surface area contributed by atoms with Crippen LogP contribution in [0.1, 0.15) is 5.56 Å². The smallest absolute Gasteiger partial charge is 0.279 e. The van der Waals surface area contributed by atoms with Gasteiger partial charge in [-0.3, -0.25) is 0 Å². The van der Waals surface area contributed by atoms with E-state index in [0.29, 0.717) is 11.6 Å². The minimum Gasteiger partial charge on any atom is -0.431 e. The Bertz CT molecular complexity index is 516. The van der Waals surface area contributed by atoms with Gasteiger partial charge in [-0.1, -0.05) is 23.5 Å². The van der Waals surface area contributed by atoms with Gasteiger partial charge in [0, 0.05) is 5.38 Å². The molecule has 2 rings (SSSR count). The molecule has 0 saturated heterocycles. The van der Waals surface area contributed by atoms with E-state index in [1.54, 1.807) is 0 Å². The monoisotopic (exact) mass is 294 g/mol. The van der Waals surface area contributed by atoms with Crippen LogP contribution in [0, 0.1) is 11.3 Å². The highest BCUT2D eigenvalue weighted by molar-refractivity contribution is 9.10. The van der Waals surface area contributed by atoms with E-state index in [4.69, 9.17) is 10.00 Å². The number of halogens is 1. The average Bonchev–Trinajstić information content (AvgIpc) is 2.67. The molecule has 1 aromatic heterocycles. The third-order valence-electron chi connectivity index (χ3n) is 1.87. The summed E-state index contributed by atoms with van der Waals surface area (Å²) in [7, 11) is 0. The first-order chi connectivity index (χ1) is 7.78. The van der Waals surface area contributed by atoms with Gasteiger partial charge >= 0.3 is 0 Å². The molecule has 0 N–H and O–H groups in total. The third-order valence-corrected chi connectivity index (χ3v) is 3.29. The fourth-order valence-corrected chi connectivity index (χ4v) is 2.26. The molecule has 0 radical (unpaired) electrons. The zero-order valence-electron chi connectivity index (χ0n) is 8.18. The van der Waals surface area contributed by atoms with Gasteiger partial charge in [0.25, 0.3) is 5.19 Å². The predicted octanol–water partition coefficient (Wildman–Crippen LogP) is 3.76. The molecule has 0 aliphatic heterocycles. The van der Waals surface area contributed by atoms with Crippen LogP contribution in [0.5, 0.6) is 10.9 Å². The standard InChI is InChI=1S/C11H7BrN2OS/c12-10-7-16-11(14-10)15-9-3-1-8(2-4-9)5-6-13/h1-4,7H,5H2. The molecule has 0 saturated carbocycles. The maximum atomic E-state index is 8.53. The molecule has 5 heteroatoms. The van der Waals surface area contributed by atoms with Crippen molar-refractivity contribution >= 4 is 27.3 Å². The summed E-state index contributed by atoms with van der Waals surface area (Å²) in [6.07, 6.45) is 0.420. The van der Waals surface area contributed by atoms with Crippen LogP contribution >= 0.6 is 27.3 Å². The van der Waals surface area contributed by atoms with Crippen molar-refractivity contribution < 1.29 is 4.74 Å². The molecular weight excluding hydrogens is 288 g/mol. The second kappa shape index (κ2) is 5.10. The molecule has 0 fully saturated rings. The maximum absolute atomic E-state index is 8.53. The summed E-state index contributed by atoms with van der Waals surface area (Å²) in [6.45, 7) is 0. The van der Waals surface area contributed by atoms with Crippen molar-refractivity contribution in [1.82, 2.24) is 4.98 Å². The summed E-state index contributed by atoms with van der Waals surface area (Å²) >= 11 is 4.69. The van der Waals surface area contributed by atoms with Crippen LogP contribution in [0.3, 0.4) is 0 Å². The minimum absolute atomic E-state index is 0.420. The number of aromatic nitrogens is 1. The lowest BCUT2D eigenvalue weighted by molar-refractivity contribution is 0.478. The largest absolute Gasteiger partial charge is 0.431 e. The highest BCUT2D eigenvalue weighted by atomic mass is 79.9. The zero-order valence-corrected chi connectivity index (χ0v) is 10.6. The topological polar surface area (TPSA) is 45.9 Å². The molecule has 0 spiro atoms. The number of nitrogens with zero attached hydrogens (tertiary/aromatic N) is 2. The molecule has 16 heavy (non-hydrogen) atoms. The SMILES string of the molecule is N#CCc1ccc(Oc2nc(Br)cs2)cc1. The van der Waals surface area contributed by atoms with E-state index in [1.807, 2.05) is 29.6 Å². The van der Waals surface area contributed by atoms with Gasteiger partial charge in [-0.15, -0.1) is 0 Å². The van der Waals surface area contributed by atoms with Crippen molar-refractivity contribution in [3.63, 3.8) is 0 Å². The molecule has 1 aromatic carbocycles. The Labute approximate surface area is 105 Å². The number of benzene rings is 1. The number of thiazole rings is 1. The zero-order chi connectivity index (χ0) is 11.4. The molecular formula is C11H7BrN2OS. The first kappa shape index (κ1) is 11.1. The Balaban J connectivity index is 2.08. The van der Waals surface area contributed by atoms with E-state index in [9.17, 15) is 0 Å². The quantitative estimate of drug-likeness (QED) is 0.866. The third kappa shape index (κ3) is 2.81. The molecule has 0 amide bonds. The van der Waals surface area contributed by atoms with Crippen LogP contribution in [0.2, 0.25) is 0 Å². The molecule has 0 bridgehead atoms. The van der Waals surface area contributed by atoms with Gasteiger partial charge in [0.1, 0.15) is 10.4 Å². The predicted molar refractivity (Wildman–Crippen MR) is 65.6 cm³/mol. The van der Waals surface area contributed by atoms with Gasteiger partial charge in [-0.05, 0) is 33.6 Å². The van der Waals surface area contributed by atoms with E-state index in [-0.39, 0.29) is 0 Å². The Hall–Kier alpha value is -1.38. The molecule has 0 unspecified atom stereocenters. The summed E-state index contributed by atoms with van der Waals surface area (Å²) in [4.78, 5) is 4.13. The fraction of sp³-hybridized carbons (Fsp3) is 0.0909. The van der Waals surface area contributed by atoms with Crippen LogP contribution in [0.4, 0.5) is 0 Å². The van der Waals surface area contributed by atoms with Crippen molar-refractivity contribution in [1.29, 1.82) is 5.26 Å². The fourth-order valence-electron chi connectivity index (χ4n) is 1.15. The Morgan fingerprint density at radius 3 is 2.69 bits per heavy atom. The second-order valence-electron chi connectivity index (χ2n) is 3.02. The van der Waals surface area contributed by atoms with E-state index >= 15 is 0 Å². The average molecular weight is 295 g/mol. The Morgan fingerprint density at radius 1 is 1.38 bits per heavy atom. The Morgan fingerprint density at radius 2 is 2.12 bits per heavy atom. The van der Waals surface area contributed by atoms with Gasteiger partial charge in [-0.25, -0.2) is 0 Å². The summed E-state index contributed by atoms with van der Waals surface area (Å²) < 4.78 is 6.30. The van der Waals surface area contributed by atoms with Crippen molar-refractivity contribution in [3.8, 4) is 17.0 Å². The first-order valence-electron chi connectivity index (χ1n) is 4.53. The van der Waals surface area contributed by atoms with Gasteiger partial charge in [-0.2, -0.15) is 10.2 Å². The lowest BCUT2D eigenvalue weighted by Crippen LogP contribution is -1.85. The van der Waals surface area contributed by atoms with Gasteiger partial charge in [0.05, 0.1) is 12.5 Å². The van der Waals surface area contributed by atoms with Crippen molar-refractivity contribution in [2.75, 3.05) is 0 Å². The van der Waals surface area contributed by atoms with Gasteiger partial charge in [0.2, 0.25) is 0 Å². The van der Waals surface area contributed by atoms with Gasteiger partial charge in [0.15, 0.2) is 0 Å².